The molecule has 0 spiro atoms. The van der Waals surface area contributed by atoms with Crippen molar-refractivity contribution in [3.8, 4) is 5.75 Å². The maximum atomic E-state index is 12.2. The smallest absolute Gasteiger partial charge is 0.405 e. The second-order valence-corrected chi connectivity index (χ2v) is 4.61. The fourth-order valence-corrected chi connectivity index (χ4v) is 1.47. The van der Waals surface area contributed by atoms with Crippen molar-refractivity contribution in [2.45, 2.75) is 38.8 Å². The highest BCUT2D eigenvalue weighted by molar-refractivity contribution is 5.33. The molecule has 0 amide bonds. The standard InChI is InChI=1S/C13H18F3NO2/c1-3-12(2,18)9-17-8-10-6-4-5-7-11(10)19-13(14,15)16/h4-7,17-18H,3,8-9H2,1-2H3. The molecule has 0 fully saturated rings. The molecule has 2 N–H and O–H groups in total. The summed E-state index contributed by atoms with van der Waals surface area (Å²) in [7, 11) is 0. The van der Waals surface area contributed by atoms with E-state index in [1.807, 2.05) is 6.92 Å². The minimum absolute atomic E-state index is 0.197. The molecular weight excluding hydrogens is 259 g/mol. The lowest BCUT2D eigenvalue weighted by Crippen LogP contribution is -2.36. The summed E-state index contributed by atoms with van der Waals surface area (Å²) in [6.45, 7) is 3.99. The van der Waals surface area contributed by atoms with E-state index < -0.39 is 12.0 Å². The maximum Gasteiger partial charge on any atom is 0.573 e. The summed E-state index contributed by atoms with van der Waals surface area (Å²) >= 11 is 0. The number of halogens is 3. The van der Waals surface area contributed by atoms with Gasteiger partial charge in [0.2, 0.25) is 0 Å². The average Bonchev–Trinajstić information content (AvgIpc) is 2.29. The summed E-state index contributed by atoms with van der Waals surface area (Å²) in [5, 5.41) is 12.7. The Bertz CT molecular complexity index is 405. The Hall–Kier alpha value is -1.27. The van der Waals surface area contributed by atoms with Crippen LogP contribution in [-0.2, 0) is 6.54 Å². The van der Waals surface area contributed by atoms with E-state index in [0.717, 1.165) is 0 Å². The van der Waals surface area contributed by atoms with E-state index in [9.17, 15) is 18.3 Å². The predicted molar refractivity (Wildman–Crippen MR) is 65.7 cm³/mol. The first kappa shape index (κ1) is 15.8. The Morgan fingerprint density at radius 2 is 1.89 bits per heavy atom. The Labute approximate surface area is 110 Å². The molecule has 6 heteroatoms. The molecule has 0 aliphatic carbocycles. The van der Waals surface area contributed by atoms with Gasteiger partial charge in [-0.2, -0.15) is 0 Å². The Kier molecular flexibility index (Phi) is 5.20. The monoisotopic (exact) mass is 277 g/mol. The molecule has 19 heavy (non-hydrogen) atoms. The van der Waals surface area contributed by atoms with Crippen LogP contribution in [0.5, 0.6) is 5.75 Å². The quantitative estimate of drug-likeness (QED) is 0.840. The highest BCUT2D eigenvalue weighted by Gasteiger charge is 2.31. The minimum Gasteiger partial charge on any atom is -0.405 e. The van der Waals surface area contributed by atoms with Gasteiger partial charge in [0.05, 0.1) is 5.60 Å². The van der Waals surface area contributed by atoms with Crippen molar-refractivity contribution in [3.63, 3.8) is 0 Å². The van der Waals surface area contributed by atoms with Crippen LogP contribution >= 0.6 is 0 Å². The van der Waals surface area contributed by atoms with Crippen LogP contribution in [0.1, 0.15) is 25.8 Å². The zero-order valence-electron chi connectivity index (χ0n) is 10.9. The molecule has 1 aromatic rings. The Morgan fingerprint density at radius 3 is 2.47 bits per heavy atom. The van der Waals surface area contributed by atoms with Crippen molar-refractivity contribution in [2.75, 3.05) is 6.54 Å². The maximum absolute atomic E-state index is 12.2. The van der Waals surface area contributed by atoms with E-state index in [-0.39, 0.29) is 12.3 Å². The number of hydrogen-bond acceptors (Lipinski definition) is 3. The predicted octanol–water partition coefficient (Wildman–Crippen LogP) is 2.84. The van der Waals surface area contributed by atoms with Gasteiger partial charge < -0.3 is 15.2 Å². The average molecular weight is 277 g/mol. The fraction of sp³-hybridized carbons (Fsp3) is 0.538. The summed E-state index contributed by atoms with van der Waals surface area (Å²) in [5.41, 5.74) is -0.480. The van der Waals surface area contributed by atoms with Gasteiger partial charge in [-0.05, 0) is 19.4 Å². The summed E-state index contributed by atoms with van der Waals surface area (Å²) in [6, 6.07) is 5.93. The molecule has 0 saturated carbocycles. The summed E-state index contributed by atoms with van der Waals surface area (Å²) in [4.78, 5) is 0. The van der Waals surface area contributed by atoms with Gasteiger partial charge >= 0.3 is 6.36 Å². The van der Waals surface area contributed by atoms with Gasteiger partial charge in [-0.3, -0.25) is 0 Å². The Balaban J connectivity index is 2.63. The molecule has 0 saturated heterocycles. The summed E-state index contributed by atoms with van der Waals surface area (Å²) < 4.78 is 40.6. The van der Waals surface area contributed by atoms with Crippen LogP contribution < -0.4 is 10.1 Å². The number of rotatable bonds is 6. The summed E-state index contributed by atoms with van der Waals surface area (Å²) in [6.07, 6.45) is -4.15. The van der Waals surface area contributed by atoms with Crippen LogP contribution in [0.3, 0.4) is 0 Å². The normalized spacial score (nSPS) is 15.1. The van der Waals surface area contributed by atoms with Crippen molar-refractivity contribution < 1.29 is 23.0 Å². The van der Waals surface area contributed by atoms with Gasteiger partial charge in [-0.1, -0.05) is 25.1 Å². The third-order valence-corrected chi connectivity index (χ3v) is 2.78. The number of ether oxygens (including phenoxy) is 1. The molecule has 1 unspecified atom stereocenters. The zero-order valence-corrected chi connectivity index (χ0v) is 10.9. The van der Waals surface area contributed by atoms with Crippen LogP contribution in [0.25, 0.3) is 0 Å². The molecule has 0 aromatic heterocycles. The number of nitrogens with one attached hydrogen (secondary N) is 1. The molecule has 1 aromatic carbocycles. The lowest BCUT2D eigenvalue weighted by atomic mass is 10.0. The van der Waals surface area contributed by atoms with Crippen molar-refractivity contribution >= 4 is 0 Å². The van der Waals surface area contributed by atoms with E-state index in [1.54, 1.807) is 19.1 Å². The highest BCUT2D eigenvalue weighted by Crippen LogP contribution is 2.26. The van der Waals surface area contributed by atoms with Crippen LogP contribution in [0, 0.1) is 0 Å². The first-order valence-electron chi connectivity index (χ1n) is 6.00. The van der Waals surface area contributed by atoms with Gasteiger partial charge in [0.15, 0.2) is 0 Å². The van der Waals surface area contributed by atoms with E-state index >= 15 is 0 Å². The third kappa shape index (κ3) is 5.94. The van der Waals surface area contributed by atoms with Crippen LogP contribution in [-0.4, -0.2) is 23.6 Å². The molecule has 1 rings (SSSR count). The number of aliphatic hydroxyl groups is 1. The molecular formula is C13H18F3NO2. The van der Waals surface area contributed by atoms with Crippen LogP contribution in [0.15, 0.2) is 24.3 Å². The second kappa shape index (κ2) is 6.25. The fourth-order valence-electron chi connectivity index (χ4n) is 1.47. The molecule has 0 aliphatic heterocycles. The molecule has 1 atom stereocenters. The first-order valence-corrected chi connectivity index (χ1v) is 6.00. The molecule has 0 radical (unpaired) electrons. The van der Waals surface area contributed by atoms with Gasteiger partial charge in [0.25, 0.3) is 0 Å². The van der Waals surface area contributed by atoms with Crippen LogP contribution in [0.4, 0.5) is 13.2 Å². The van der Waals surface area contributed by atoms with Gasteiger partial charge in [-0.25, -0.2) is 0 Å². The molecule has 0 aliphatic rings. The topological polar surface area (TPSA) is 41.5 Å². The number of para-hydroxylation sites is 1. The largest absolute Gasteiger partial charge is 0.573 e. The van der Waals surface area contributed by atoms with Crippen LogP contribution in [0.2, 0.25) is 0 Å². The van der Waals surface area contributed by atoms with E-state index in [1.165, 1.54) is 12.1 Å². The second-order valence-electron chi connectivity index (χ2n) is 4.61. The van der Waals surface area contributed by atoms with E-state index in [0.29, 0.717) is 18.5 Å². The third-order valence-electron chi connectivity index (χ3n) is 2.78. The minimum atomic E-state index is -4.70. The lowest BCUT2D eigenvalue weighted by molar-refractivity contribution is -0.274. The molecule has 3 nitrogen and oxygen atoms in total. The van der Waals surface area contributed by atoms with Gasteiger partial charge in [0, 0.05) is 18.7 Å². The van der Waals surface area contributed by atoms with Gasteiger partial charge in [-0.15, -0.1) is 13.2 Å². The Morgan fingerprint density at radius 1 is 1.26 bits per heavy atom. The van der Waals surface area contributed by atoms with Gasteiger partial charge in [0.1, 0.15) is 5.75 Å². The number of alkyl halides is 3. The number of hydrogen-bond donors (Lipinski definition) is 2. The number of benzene rings is 1. The van der Waals surface area contributed by atoms with Crippen molar-refractivity contribution in [3.05, 3.63) is 29.8 Å². The highest BCUT2D eigenvalue weighted by atomic mass is 19.4. The zero-order chi connectivity index (χ0) is 14.5. The van der Waals surface area contributed by atoms with Crippen molar-refractivity contribution in [2.24, 2.45) is 0 Å². The summed E-state index contributed by atoms with van der Waals surface area (Å²) in [5.74, 6) is -0.223. The molecule has 0 heterocycles. The van der Waals surface area contributed by atoms with E-state index in [2.05, 4.69) is 10.1 Å². The molecule has 108 valence electrons. The lowest BCUT2D eigenvalue weighted by Gasteiger charge is -2.22. The van der Waals surface area contributed by atoms with E-state index in [4.69, 9.17) is 0 Å². The molecule has 0 bridgehead atoms. The van der Waals surface area contributed by atoms with Crippen molar-refractivity contribution in [1.29, 1.82) is 0 Å². The van der Waals surface area contributed by atoms with Crippen molar-refractivity contribution in [1.82, 2.24) is 5.32 Å². The SMILES string of the molecule is CCC(C)(O)CNCc1ccccc1OC(F)(F)F. The first-order chi connectivity index (χ1) is 8.73.